The molecule has 0 bridgehead atoms. The summed E-state index contributed by atoms with van der Waals surface area (Å²) in [6.45, 7) is 0.802. The smallest absolute Gasteiger partial charge is 0.231 e. The number of nitrogens with zero attached hydrogens (tertiary/aromatic N) is 2. The molecule has 0 atom stereocenters. The van der Waals surface area contributed by atoms with E-state index in [0.717, 1.165) is 33.7 Å². The third kappa shape index (κ3) is 1.99. The first-order chi connectivity index (χ1) is 10.3. The van der Waals surface area contributed by atoms with E-state index in [-0.39, 0.29) is 6.79 Å². The van der Waals surface area contributed by atoms with Crippen molar-refractivity contribution in [3.8, 4) is 11.5 Å². The molecule has 3 aromatic rings. The van der Waals surface area contributed by atoms with Gasteiger partial charge in [0.05, 0.1) is 6.20 Å². The molecular formula is C14H13N5O2. The van der Waals surface area contributed by atoms with Crippen LogP contribution in [-0.4, -0.2) is 22.0 Å². The largest absolute Gasteiger partial charge is 0.454 e. The number of rotatable bonds is 3. The summed E-state index contributed by atoms with van der Waals surface area (Å²) in [6, 6.07) is 5.83. The highest BCUT2D eigenvalue weighted by Gasteiger charge is 2.16. The summed E-state index contributed by atoms with van der Waals surface area (Å²) in [5.41, 5.74) is 6.67. The van der Waals surface area contributed by atoms with Gasteiger partial charge in [-0.1, -0.05) is 0 Å². The molecule has 2 aromatic heterocycles. The molecule has 0 aliphatic carbocycles. The van der Waals surface area contributed by atoms with Crippen LogP contribution >= 0.6 is 0 Å². The Hall–Kier alpha value is -2.96. The Balaban J connectivity index is 1.70. The Kier molecular flexibility index (Phi) is 2.56. The Labute approximate surface area is 120 Å². The molecule has 4 rings (SSSR count). The molecule has 0 spiro atoms. The maximum atomic E-state index is 5.78. The van der Waals surface area contributed by atoms with Crippen LogP contribution in [0.15, 0.2) is 30.6 Å². The van der Waals surface area contributed by atoms with E-state index < -0.39 is 0 Å². The van der Waals surface area contributed by atoms with Crippen molar-refractivity contribution >= 4 is 22.4 Å². The van der Waals surface area contributed by atoms with E-state index in [1.54, 1.807) is 12.4 Å². The monoisotopic (exact) mass is 283 g/mol. The molecule has 0 radical (unpaired) electrons. The highest BCUT2D eigenvalue weighted by Crippen LogP contribution is 2.37. The average Bonchev–Trinajstić information content (AvgIpc) is 3.11. The fourth-order valence-corrected chi connectivity index (χ4v) is 2.34. The van der Waals surface area contributed by atoms with Crippen LogP contribution in [-0.2, 0) is 6.54 Å². The zero-order valence-corrected chi connectivity index (χ0v) is 11.1. The van der Waals surface area contributed by atoms with Crippen molar-refractivity contribution in [2.75, 3.05) is 17.8 Å². The molecule has 4 N–H and O–H groups in total. The number of benzene rings is 1. The second-order valence-electron chi connectivity index (χ2n) is 4.75. The number of ether oxygens (including phenoxy) is 2. The predicted molar refractivity (Wildman–Crippen MR) is 78.2 cm³/mol. The van der Waals surface area contributed by atoms with Gasteiger partial charge in [-0.2, -0.15) is 5.10 Å². The first kappa shape index (κ1) is 11.8. The van der Waals surface area contributed by atoms with E-state index >= 15 is 0 Å². The number of nitrogens with two attached hydrogens (primary N) is 1. The molecule has 7 heteroatoms. The summed E-state index contributed by atoms with van der Waals surface area (Å²) in [5.74, 6) is 2.83. The Morgan fingerprint density at radius 1 is 1.29 bits per heavy atom. The second kappa shape index (κ2) is 4.55. The van der Waals surface area contributed by atoms with Crippen molar-refractivity contribution in [1.29, 1.82) is 0 Å². The Morgan fingerprint density at radius 3 is 2.95 bits per heavy atom. The van der Waals surface area contributed by atoms with Gasteiger partial charge in [-0.3, -0.25) is 5.10 Å². The number of hydrogen-bond donors (Lipinski definition) is 3. The Morgan fingerprint density at radius 2 is 2.14 bits per heavy atom. The number of fused-ring (bicyclic) bond motifs is 2. The lowest BCUT2D eigenvalue weighted by Gasteiger charge is -2.09. The number of nitrogens with one attached hydrogen (secondary N) is 2. The van der Waals surface area contributed by atoms with Gasteiger partial charge in [-0.15, -0.1) is 0 Å². The fraction of sp³-hybridized carbons (Fsp3) is 0.143. The first-order valence-electron chi connectivity index (χ1n) is 6.51. The molecule has 7 nitrogen and oxygen atoms in total. The van der Waals surface area contributed by atoms with Crippen LogP contribution in [0.1, 0.15) is 5.56 Å². The van der Waals surface area contributed by atoms with Crippen molar-refractivity contribution in [2.24, 2.45) is 0 Å². The van der Waals surface area contributed by atoms with E-state index in [4.69, 9.17) is 15.2 Å². The maximum absolute atomic E-state index is 5.78. The van der Waals surface area contributed by atoms with Crippen LogP contribution in [0.4, 0.5) is 11.6 Å². The summed E-state index contributed by atoms with van der Waals surface area (Å²) in [4.78, 5) is 4.38. The summed E-state index contributed by atoms with van der Waals surface area (Å²) in [7, 11) is 0. The number of nitrogen functional groups attached to an aromatic ring is 1. The zero-order chi connectivity index (χ0) is 14.2. The first-order valence-corrected chi connectivity index (χ1v) is 6.51. The number of anilines is 2. The number of pyridine rings is 1. The fourth-order valence-electron chi connectivity index (χ4n) is 2.34. The lowest BCUT2D eigenvalue weighted by molar-refractivity contribution is 0.174. The zero-order valence-electron chi connectivity index (χ0n) is 11.1. The van der Waals surface area contributed by atoms with Gasteiger partial charge < -0.3 is 20.5 Å². The quantitative estimate of drug-likeness (QED) is 0.679. The molecule has 21 heavy (non-hydrogen) atoms. The third-order valence-corrected chi connectivity index (χ3v) is 3.46. The molecular weight excluding hydrogens is 270 g/mol. The van der Waals surface area contributed by atoms with Gasteiger partial charge in [-0.05, 0) is 23.6 Å². The van der Waals surface area contributed by atoms with Crippen molar-refractivity contribution in [3.05, 3.63) is 36.2 Å². The minimum Gasteiger partial charge on any atom is -0.454 e. The summed E-state index contributed by atoms with van der Waals surface area (Å²) >= 11 is 0. The van der Waals surface area contributed by atoms with E-state index in [9.17, 15) is 0 Å². The van der Waals surface area contributed by atoms with Crippen LogP contribution in [0.5, 0.6) is 11.5 Å². The van der Waals surface area contributed by atoms with Gasteiger partial charge in [0.1, 0.15) is 11.6 Å². The van der Waals surface area contributed by atoms with Gasteiger partial charge >= 0.3 is 0 Å². The predicted octanol–water partition coefficient (Wildman–Crippen LogP) is 1.88. The van der Waals surface area contributed by atoms with Crippen LogP contribution < -0.4 is 20.5 Å². The molecule has 0 saturated heterocycles. The standard InChI is InChI=1S/C14H13N5O2/c15-13-9(6-18-19-13)5-17-14-10-4-12-11(20-7-21-12)3-8(10)1-2-16-14/h1-4,6H,5,7H2,(H,16,17)(H3,15,18,19). The van der Waals surface area contributed by atoms with Crippen LogP contribution in [0, 0.1) is 0 Å². The molecule has 0 unspecified atom stereocenters. The van der Waals surface area contributed by atoms with Crippen molar-refractivity contribution in [2.45, 2.75) is 6.54 Å². The van der Waals surface area contributed by atoms with Crippen LogP contribution in [0.25, 0.3) is 10.8 Å². The van der Waals surface area contributed by atoms with E-state index in [2.05, 4.69) is 20.5 Å². The molecule has 1 aliphatic heterocycles. The maximum Gasteiger partial charge on any atom is 0.231 e. The molecule has 0 fully saturated rings. The highest BCUT2D eigenvalue weighted by molar-refractivity contribution is 5.94. The third-order valence-electron chi connectivity index (χ3n) is 3.46. The number of aromatic nitrogens is 3. The molecule has 1 aromatic carbocycles. The van der Waals surface area contributed by atoms with E-state index in [1.165, 1.54) is 0 Å². The van der Waals surface area contributed by atoms with Gasteiger partial charge in [-0.25, -0.2) is 4.98 Å². The molecule has 106 valence electrons. The second-order valence-corrected chi connectivity index (χ2v) is 4.75. The Bertz CT molecular complexity index is 814. The summed E-state index contributed by atoms with van der Waals surface area (Å²) < 4.78 is 10.8. The summed E-state index contributed by atoms with van der Waals surface area (Å²) in [5, 5.41) is 11.9. The van der Waals surface area contributed by atoms with Crippen LogP contribution in [0.3, 0.4) is 0 Å². The molecule has 0 amide bonds. The van der Waals surface area contributed by atoms with Gasteiger partial charge in [0.15, 0.2) is 11.5 Å². The summed E-state index contributed by atoms with van der Waals surface area (Å²) in [6.07, 6.45) is 3.45. The van der Waals surface area contributed by atoms with Gasteiger partial charge in [0, 0.05) is 23.7 Å². The normalized spacial score (nSPS) is 12.8. The lowest BCUT2D eigenvalue weighted by atomic mass is 10.1. The van der Waals surface area contributed by atoms with Crippen molar-refractivity contribution in [3.63, 3.8) is 0 Å². The van der Waals surface area contributed by atoms with Crippen LogP contribution in [0.2, 0.25) is 0 Å². The van der Waals surface area contributed by atoms with Gasteiger partial charge in [0.25, 0.3) is 0 Å². The van der Waals surface area contributed by atoms with E-state index in [1.807, 2.05) is 18.2 Å². The topological polar surface area (TPSA) is 98.1 Å². The SMILES string of the molecule is Nc1[nH]ncc1CNc1nccc2cc3c(cc12)OCO3. The minimum atomic E-state index is 0.257. The lowest BCUT2D eigenvalue weighted by Crippen LogP contribution is -2.03. The number of H-pyrrole nitrogens is 1. The average molecular weight is 283 g/mol. The minimum absolute atomic E-state index is 0.257. The van der Waals surface area contributed by atoms with E-state index in [0.29, 0.717) is 12.4 Å². The number of aromatic amines is 1. The molecule has 1 aliphatic rings. The highest BCUT2D eigenvalue weighted by atomic mass is 16.7. The number of hydrogen-bond acceptors (Lipinski definition) is 6. The van der Waals surface area contributed by atoms with Crippen molar-refractivity contribution in [1.82, 2.24) is 15.2 Å². The van der Waals surface area contributed by atoms with Crippen molar-refractivity contribution < 1.29 is 9.47 Å². The van der Waals surface area contributed by atoms with Gasteiger partial charge in [0.2, 0.25) is 6.79 Å². The molecule has 0 saturated carbocycles. The molecule has 3 heterocycles.